The van der Waals surface area contributed by atoms with Crippen molar-refractivity contribution in [3.63, 3.8) is 0 Å². The molecule has 0 saturated heterocycles. The predicted octanol–water partition coefficient (Wildman–Crippen LogP) is 1.67. The lowest BCUT2D eigenvalue weighted by Crippen LogP contribution is -2.36. The first-order chi connectivity index (χ1) is 8.00. The first kappa shape index (κ1) is 13.5. The van der Waals surface area contributed by atoms with E-state index in [1.807, 2.05) is 32.0 Å². The lowest BCUT2D eigenvalue weighted by molar-refractivity contribution is -0.125. The second kappa shape index (κ2) is 6.25. The molecule has 0 aliphatic heterocycles. The molecule has 94 valence electrons. The van der Waals surface area contributed by atoms with Crippen LogP contribution in [-0.4, -0.2) is 31.6 Å². The van der Waals surface area contributed by atoms with Gasteiger partial charge in [-0.2, -0.15) is 0 Å². The quantitative estimate of drug-likeness (QED) is 0.791. The molecule has 4 heteroatoms. The number of nitrogens with zero attached hydrogens (tertiary/aromatic N) is 1. The molecule has 0 atom stereocenters. The van der Waals surface area contributed by atoms with Gasteiger partial charge in [0.1, 0.15) is 5.75 Å². The SMILES string of the molecule is Cc1cccc(C)c1OCCC(=O)NN(C)C. The Morgan fingerprint density at radius 2 is 1.88 bits per heavy atom. The molecule has 0 aliphatic rings. The lowest BCUT2D eigenvalue weighted by Gasteiger charge is -2.14. The van der Waals surface area contributed by atoms with Crippen LogP contribution in [0.5, 0.6) is 5.75 Å². The molecule has 0 radical (unpaired) electrons. The number of carbonyl (C=O) groups excluding carboxylic acids is 1. The molecule has 0 bridgehead atoms. The van der Waals surface area contributed by atoms with Crippen molar-refractivity contribution in [2.75, 3.05) is 20.7 Å². The fourth-order valence-corrected chi connectivity index (χ4v) is 1.58. The minimum absolute atomic E-state index is 0.0405. The van der Waals surface area contributed by atoms with Gasteiger partial charge >= 0.3 is 0 Å². The van der Waals surface area contributed by atoms with E-state index in [1.165, 1.54) is 0 Å². The molecule has 0 fully saturated rings. The Labute approximate surface area is 103 Å². The molecule has 0 aromatic heterocycles. The normalized spacial score (nSPS) is 10.4. The van der Waals surface area contributed by atoms with E-state index in [9.17, 15) is 4.79 Å². The first-order valence-electron chi connectivity index (χ1n) is 5.66. The van der Waals surface area contributed by atoms with Gasteiger partial charge in [0, 0.05) is 14.1 Å². The molecule has 1 aromatic carbocycles. The third-order valence-corrected chi connectivity index (χ3v) is 2.33. The number of aryl methyl sites for hydroxylation is 2. The third kappa shape index (κ3) is 4.44. The second-order valence-electron chi connectivity index (χ2n) is 4.25. The molecule has 0 aliphatic carbocycles. The van der Waals surface area contributed by atoms with Gasteiger partial charge in [0.15, 0.2) is 0 Å². The Hall–Kier alpha value is -1.55. The summed E-state index contributed by atoms with van der Waals surface area (Å²) in [7, 11) is 3.56. The van der Waals surface area contributed by atoms with Gasteiger partial charge < -0.3 is 4.74 Å². The van der Waals surface area contributed by atoms with Crippen LogP contribution in [0, 0.1) is 13.8 Å². The summed E-state index contributed by atoms with van der Waals surface area (Å²) in [5.41, 5.74) is 4.86. The minimum Gasteiger partial charge on any atom is -0.493 e. The van der Waals surface area contributed by atoms with Crippen LogP contribution in [0.25, 0.3) is 0 Å². The van der Waals surface area contributed by atoms with Gasteiger partial charge in [-0.05, 0) is 25.0 Å². The molecule has 4 nitrogen and oxygen atoms in total. The minimum atomic E-state index is -0.0405. The number of carbonyl (C=O) groups is 1. The Morgan fingerprint density at radius 3 is 2.41 bits per heavy atom. The molecule has 1 amide bonds. The highest BCUT2D eigenvalue weighted by Gasteiger charge is 2.05. The zero-order chi connectivity index (χ0) is 12.8. The van der Waals surface area contributed by atoms with Crippen LogP contribution in [-0.2, 0) is 4.79 Å². The summed E-state index contributed by atoms with van der Waals surface area (Å²) < 4.78 is 5.64. The maximum absolute atomic E-state index is 11.4. The number of amides is 1. The smallest absolute Gasteiger partial charge is 0.237 e. The van der Waals surface area contributed by atoms with Gasteiger partial charge in [-0.15, -0.1) is 0 Å². The monoisotopic (exact) mass is 236 g/mol. The standard InChI is InChI=1S/C13H20N2O2/c1-10-6-5-7-11(2)13(10)17-9-8-12(16)14-15(3)4/h5-7H,8-9H2,1-4H3,(H,14,16). The van der Waals surface area contributed by atoms with E-state index in [4.69, 9.17) is 4.74 Å². The molecule has 0 saturated carbocycles. The zero-order valence-corrected chi connectivity index (χ0v) is 10.9. The van der Waals surface area contributed by atoms with Gasteiger partial charge in [0.05, 0.1) is 13.0 Å². The van der Waals surface area contributed by atoms with Crippen LogP contribution in [0.2, 0.25) is 0 Å². The number of rotatable bonds is 5. The van der Waals surface area contributed by atoms with Gasteiger partial charge in [-0.3, -0.25) is 10.2 Å². The topological polar surface area (TPSA) is 41.6 Å². The largest absolute Gasteiger partial charge is 0.493 e. The van der Waals surface area contributed by atoms with Gasteiger partial charge in [0.25, 0.3) is 0 Å². The Bertz CT molecular complexity index is 369. The summed E-state index contributed by atoms with van der Waals surface area (Å²) in [6.07, 6.45) is 0.353. The summed E-state index contributed by atoms with van der Waals surface area (Å²) in [5.74, 6) is 0.839. The van der Waals surface area contributed by atoms with Crippen molar-refractivity contribution in [2.24, 2.45) is 0 Å². The van der Waals surface area contributed by atoms with E-state index in [-0.39, 0.29) is 5.91 Å². The number of hydrogen-bond acceptors (Lipinski definition) is 3. The number of para-hydroxylation sites is 1. The van der Waals surface area contributed by atoms with Crippen LogP contribution >= 0.6 is 0 Å². The van der Waals surface area contributed by atoms with Crippen molar-refractivity contribution < 1.29 is 9.53 Å². The highest BCUT2D eigenvalue weighted by Crippen LogP contribution is 2.22. The Morgan fingerprint density at radius 1 is 1.29 bits per heavy atom. The lowest BCUT2D eigenvalue weighted by atomic mass is 10.1. The summed E-state index contributed by atoms with van der Waals surface area (Å²) in [6.45, 7) is 4.40. The molecule has 0 unspecified atom stereocenters. The van der Waals surface area contributed by atoms with E-state index >= 15 is 0 Å². The molecule has 0 heterocycles. The Kier molecular flexibility index (Phi) is 4.97. The second-order valence-corrected chi connectivity index (χ2v) is 4.25. The Balaban J connectivity index is 2.43. The summed E-state index contributed by atoms with van der Waals surface area (Å²) in [4.78, 5) is 11.4. The zero-order valence-electron chi connectivity index (χ0n) is 10.9. The predicted molar refractivity (Wildman–Crippen MR) is 67.9 cm³/mol. The first-order valence-corrected chi connectivity index (χ1v) is 5.66. The van der Waals surface area contributed by atoms with Crippen LogP contribution in [0.15, 0.2) is 18.2 Å². The fourth-order valence-electron chi connectivity index (χ4n) is 1.58. The highest BCUT2D eigenvalue weighted by atomic mass is 16.5. The van der Waals surface area contributed by atoms with E-state index in [0.717, 1.165) is 16.9 Å². The maximum atomic E-state index is 11.4. The van der Waals surface area contributed by atoms with E-state index in [1.54, 1.807) is 19.1 Å². The fraction of sp³-hybridized carbons (Fsp3) is 0.462. The average Bonchev–Trinajstić information content (AvgIpc) is 2.21. The molecular weight excluding hydrogens is 216 g/mol. The number of ether oxygens (including phenoxy) is 1. The summed E-state index contributed by atoms with van der Waals surface area (Å²) in [6, 6.07) is 6.00. The molecule has 1 aromatic rings. The van der Waals surface area contributed by atoms with Crippen molar-refractivity contribution in [2.45, 2.75) is 20.3 Å². The number of nitrogens with one attached hydrogen (secondary N) is 1. The molecule has 17 heavy (non-hydrogen) atoms. The van der Waals surface area contributed by atoms with Crippen LogP contribution in [0.3, 0.4) is 0 Å². The molecule has 0 spiro atoms. The van der Waals surface area contributed by atoms with Gasteiger partial charge in [-0.25, -0.2) is 5.01 Å². The van der Waals surface area contributed by atoms with Crippen molar-refractivity contribution in [3.8, 4) is 5.75 Å². The van der Waals surface area contributed by atoms with E-state index in [2.05, 4.69) is 5.43 Å². The van der Waals surface area contributed by atoms with Gasteiger partial charge in [0.2, 0.25) is 5.91 Å². The molecule has 1 rings (SSSR count). The molecular formula is C13H20N2O2. The van der Waals surface area contributed by atoms with Crippen molar-refractivity contribution in [1.82, 2.24) is 10.4 Å². The van der Waals surface area contributed by atoms with Crippen LogP contribution in [0.4, 0.5) is 0 Å². The molecule has 1 N–H and O–H groups in total. The number of hydrazine groups is 1. The van der Waals surface area contributed by atoms with Crippen LogP contribution in [0.1, 0.15) is 17.5 Å². The summed E-state index contributed by atoms with van der Waals surface area (Å²) in [5, 5.41) is 1.63. The number of hydrogen-bond donors (Lipinski definition) is 1. The maximum Gasteiger partial charge on any atom is 0.237 e. The van der Waals surface area contributed by atoms with E-state index < -0.39 is 0 Å². The van der Waals surface area contributed by atoms with Crippen molar-refractivity contribution >= 4 is 5.91 Å². The summed E-state index contributed by atoms with van der Waals surface area (Å²) >= 11 is 0. The number of benzene rings is 1. The highest BCUT2D eigenvalue weighted by molar-refractivity contribution is 5.75. The average molecular weight is 236 g/mol. The van der Waals surface area contributed by atoms with Gasteiger partial charge in [-0.1, -0.05) is 18.2 Å². The van der Waals surface area contributed by atoms with Crippen LogP contribution < -0.4 is 10.2 Å². The van der Waals surface area contributed by atoms with E-state index in [0.29, 0.717) is 13.0 Å². The van der Waals surface area contributed by atoms with Crippen molar-refractivity contribution in [3.05, 3.63) is 29.3 Å². The third-order valence-electron chi connectivity index (χ3n) is 2.33. The van der Waals surface area contributed by atoms with Crippen molar-refractivity contribution in [1.29, 1.82) is 0 Å².